The largest absolute Gasteiger partial charge is 0.381 e. The number of rotatable bonds is 4. The summed E-state index contributed by atoms with van der Waals surface area (Å²) in [5.74, 6) is 0.0197. The Kier molecular flexibility index (Phi) is 3.85. The van der Waals surface area contributed by atoms with Crippen LogP contribution in [0.2, 0.25) is 0 Å². The normalized spacial score (nSPS) is 12.2. The SMILES string of the molecule is Cc1nc(CN(C)S(=O)(=O)c2c(N)nn(C)c2C)cs1. The van der Waals surface area contributed by atoms with E-state index in [-0.39, 0.29) is 17.3 Å². The number of hydrogen-bond acceptors (Lipinski definition) is 6. The molecule has 0 unspecified atom stereocenters. The zero-order valence-electron chi connectivity index (χ0n) is 11.8. The third-order valence-electron chi connectivity index (χ3n) is 3.02. The lowest BCUT2D eigenvalue weighted by Crippen LogP contribution is -2.27. The quantitative estimate of drug-likeness (QED) is 0.904. The summed E-state index contributed by atoms with van der Waals surface area (Å²) in [6.07, 6.45) is 0. The summed E-state index contributed by atoms with van der Waals surface area (Å²) >= 11 is 1.49. The van der Waals surface area contributed by atoms with Crippen LogP contribution >= 0.6 is 11.3 Å². The lowest BCUT2D eigenvalue weighted by molar-refractivity contribution is 0.462. The van der Waals surface area contributed by atoms with Crippen LogP contribution in [0.15, 0.2) is 10.3 Å². The van der Waals surface area contributed by atoms with Crippen molar-refractivity contribution in [3.63, 3.8) is 0 Å². The van der Waals surface area contributed by atoms with Gasteiger partial charge in [-0.1, -0.05) is 0 Å². The fraction of sp³-hybridized carbons (Fsp3) is 0.455. The summed E-state index contributed by atoms with van der Waals surface area (Å²) in [4.78, 5) is 4.33. The van der Waals surface area contributed by atoms with Crippen molar-refractivity contribution in [2.24, 2.45) is 7.05 Å². The van der Waals surface area contributed by atoms with Crippen molar-refractivity contribution in [2.75, 3.05) is 12.8 Å². The fourth-order valence-electron chi connectivity index (χ4n) is 1.88. The van der Waals surface area contributed by atoms with Gasteiger partial charge in [-0.05, 0) is 13.8 Å². The standard InChI is InChI=1S/C11H17N5O2S2/c1-7-10(11(12)14-16(7)4)20(17,18)15(3)5-9-6-19-8(2)13-9/h6H,5H2,1-4H3,(H2,12,14). The molecule has 0 fully saturated rings. The van der Waals surface area contributed by atoms with Crippen LogP contribution in [0.25, 0.3) is 0 Å². The summed E-state index contributed by atoms with van der Waals surface area (Å²) in [6, 6.07) is 0. The van der Waals surface area contributed by atoms with Crippen LogP contribution in [-0.4, -0.2) is 34.5 Å². The number of thiazole rings is 1. The predicted molar refractivity (Wildman–Crippen MR) is 77.9 cm³/mol. The molecular formula is C11H17N5O2S2. The number of anilines is 1. The summed E-state index contributed by atoms with van der Waals surface area (Å²) < 4.78 is 27.8. The number of nitrogens with two attached hydrogens (primary N) is 1. The van der Waals surface area contributed by atoms with Crippen LogP contribution in [-0.2, 0) is 23.6 Å². The first-order valence-corrected chi connectivity index (χ1v) is 8.22. The van der Waals surface area contributed by atoms with E-state index in [0.717, 1.165) is 10.7 Å². The number of sulfonamides is 1. The van der Waals surface area contributed by atoms with Crippen molar-refractivity contribution in [2.45, 2.75) is 25.3 Å². The van der Waals surface area contributed by atoms with Crippen molar-refractivity contribution in [3.8, 4) is 0 Å². The molecule has 0 atom stereocenters. The van der Waals surface area contributed by atoms with Gasteiger partial charge in [-0.2, -0.15) is 9.40 Å². The van der Waals surface area contributed by atoms with Crippen molar-refractivity contribution < 1.29 is 8.42 Å². The number of nitrogens with zero attached hydrogens (tertiary/aromatic N) is 4. The second kappa shape index (κ2) is 5.15. The molecule has 0 radical (unpaired) electrons. The lowest BCUT2D eigenvalue weighted by atomic mass is 10.5. The zero-order chi connectivity index (χ0) is 15.1. The molecule has 2 aromatic rings. The Morgan fingerprint density at radius 3 is 2.55 bits per heavy atom. The van der Waals surface area contributed by atoms with Gasteiger partial charge < -0.3 is 5.73 Å². The topological polar surface area (TPSA) is 94.1 Å². The predicted octanol–water partition coefficient (Wildman–Crippen LogP) is 0.896. The first-order valence-electron chi connectivity index (χ1n) is 5.90. The average molecular weight is 315 g/mol. The molecule has 0 spiro atoms. The fourth-order valence-corrected chi connectivity index (χ4v) is 3.91. The van der Waals surface area contributed by atoms with Gasteiger partial charge in [-0.25, -0.2) is 13.4 Å². The molecule has 0 amide bonds. The molecule has 9 heteroatoms. The first-order chi connectivity index (χ1) is 9.23. The Balaban J connectivity index is 2.34. The van der Waals surface area contributed by atoms with Crippen LogP contribution in [0.3, 0.4) is 0 Å². The molecule has 2 N–H and O–H groups in total. The van der Waals surface area contributed by atoms with Gasteiger partial charge in [0.1, 0.15) is 4.90 Å². The molecule has 0 aliphatic carbocycles. The Morgan fingerprint density at radius 2 is 2.10 bits per heavy atom. The molecule has 0 saturated carbocycles. The number of aryl methyl sites for hydroxylation is 2. The van der Waals surface area contributed by atoms with Gasteiger partial charge in [0.25, 0.3) is 0 Å². The van der Waals surface area contributed by atoms with Gasteiger partial charge in [0, 0.05) is 19.5 Å². The van der Waals surface area contributed by atoms with Crippen LogP contribution < -0.4 is 5.73 Å². The minimum absolute atomic E-state index is 0.0197. The van der Waals surface area contributed by atoms with E-state index < -0.39 is 10.0 Å². The second-order valence-electron chi connectivity index (χ2n) is 4.54. The monoisotopic (exact) mass is 315 g/mol. The van der Waals surface area contributed by atoms with E-state index in [1.807, 2.05) is 12.3 Å². The van der Waals surface area contributed by atoms with Gasteiger partial charge >= 0.3 is 0 Å². The highest BCUT2D eigenvalue weighted by Crippen LogP contribution is 2.25. The molecule has 0 aliphatic rings. The number of aromatic nitrogens is 3. The maximum absolute atomic E-state index is 12.6. The Morgan fingerprint density at radius 1 is 1.45 bits per heavy atom. The van der Waals surface area contributed by atoms with E-state index in [2.05, 4.69) is 10.1 Å². The highest BCUT2D eigenvalue weighted by atomic mass is 32.2. The van der Waals surface area contributed by atoms with Crippen molar-refractivity contribution in [1.82, 2.24) is 19.1 Å². The molecule has 110 valence electrons. The first kappa shape index (κ1) is 14.9. The van der Waals surface area contributed by atoms with Crippen LogP contribution in [0, 0.1) is 13.8 Å². The average Bonchev–Trinajstić information content (AvgIpc) is 2.84. The van der Waals surface area contributed by atoms with Gasteiger partial charge in [0.2, 0.25) is 10.0 Å². The Hall–Kier alpha value is -1.45. The number of hydrogen-bond donors (Lipinski definition) is 1. The smallest absolute Gasteiger partial charge is 0.248 e. The molecule has 2 heterocycles. The summed E-state index contributed by atoms with van der Waals surface area (Å²) in [5, 5.41) is 6.70. The summed E-state index contributed by atoms with van der Waals surface area (Å²) in [6.45, 7) is 3.77. The Labute approximate surface area is 122 Å². The van der Waals surface area contributed by atoms with E-state index in [9.17, 15) is 8.42 Å². The van der Waals surface area contributed by atoms with Gasteiger partial charge in [-0.15, -0.1) is 11.3 Å². The van der Waals surface area contributed by atoms with Crippen LogP contribution in [0.5, 0.6) is 0 Å². The van der Waals surface area contributed by atoms with E-state index in [1.54, 1.807) is 14.0 Å². The van der Waals surface area contributed by atoms with Crippen LogP contribution in [0.4, 0.5) is 5.82 Å². The lowest BCUT2D eigenvalue weighted by Gasteiger charge is -2.16. The number of nitrogen functional groups attached to an aromatic ring is 1. The van der Waals surface area contributed by atoms with Crippen molar-refractivity contribution in [1.29, 1.82) is 0 Å². The third kappa shape index (κ3) is 2.56. The maximum Gasteiger partial charge on any atom is 0.248 e. The van der Waals surface area contributed by atoms with Gasteiger partial charge in [-0.3, -0.25) is 4.68 Å². The van der Waals surface area contributed by atoms with Gasteiger partial charge in [0.05, 0.1) is 22.9 Å². The molecule has 2 aromatic heterocycles. The van der Waals surface area contributed by atoms with Crippen molar-refractivity contribution in [3.05, 3.63) is 21.8 Å². The van der Waals surface area contributed by atoms with Crippen LogP contribution in [0.1, 0.15) is 16.4 Å². The molecule has 0 saturated heterocycles. The molecule has 0 aliphatic heterocycles. The van der Waals surface area contributed by atoms with Gasteiger partial charge in [0.15, 0.2) is 5.82 Å². The minimum Gasteiger partial charge on any atom is -0.381 e. The molecule has 2 rings (SSSR count). The summed E-state index contributed by atoms with van der Waals surface area (Å²) in [7, 11) is -0.508. The minimum atomic E-state index is -3.68. The summed E-state index contributed by atoms with van der Waals surface area (Å²) in [5.41, 5.74) is 6.95. The van der Waals surface area contributed by atoms with Crippen molar-refractivity contribution >= 4 is 27.2 Å². The maximum atomic E-state index is 12.6. The second-order valence-corrected chi connectivity index (χ2v) is 7.59. The van der Waals surface area contributed by atoms with E-state index in [1.165, 1.54) is 27.4 Å². The molecule has 0 bridgehead atoms. The van der Waals surface area contributed by atoms with E-state index in [4.69, 9.17) is 5.73 Å². The molecule has 20 heavy (non-hydrogen) atoms. The van der Waals surface area contributed by atoms with E-state index >= 15 is 0 Å². The molecule has 7 nitrogen and oxygen atoms in total. The molecular weight excluding hydrogens is 298 g/mol. The third-order valence-corrected chi connectivity index (χ3v) is 5.82. The highest BCUT2D eigenvalue weighted by molar-refractivity contribution is 7.89. The van der Waals surface area contributed by atoms with E-state index in [0.29, 0.717) is 5.69 Å². The Bertz CT molecular complexity index is 732. The highest BCUT2D eigenvalue weighted by Gasteiger charge is 2.29. The molecule has 0 aromatic carbocycles. The zero-order valence-corrected chi connectivity index (χ0v) is 13.4.